The number of methoxy groups -OCH3 is 2. The molecule has 1 N–H and O–H groups in total. The van der Waals surface area contributed by atoms with E-state index in [1.807, 2.05) is 18.2 Å². The highest BCUT2D eigenvalue weighted by Crippen LogP contribution is 2.42. The molecule has 0 unspecified atom stereocenters. The van der Waals surface area contributed by atoms with Crippen LogP contribution in [0.3, 0.4) is 0 Å². The minimum atomic E-state index is -0.397. The number of nitrogens with one attached hydrogen (secondary N) is 1. The first-order valence-electron chi connectivity index (χ1n) is 9.66. The van der Waals surface area contributed by atoms with Crippen LogP contribution in [0.1, 0.15) is 22.8 Å². The van der Waals surface area contributed by atoms with Crippen molar-refractivity contribution < 1.29 is 28.5 Å². The summed E-state index contributed by atoms with van der Waals surface area (Å²) >= 11 is 0. The molecule has 1 aromatic heterocycles. The fourth-order valence-corrected chi connectivity index (χ4v) is 3.56. The number of ether oxygens (including phenoxy) is 4. The maximum atomic E-state index is 12.5. The number of rotatable bonds is 7. The minimum absolute atomic E-state index is 0.0415. The van der Waals surface area contributed by atoms with Gasteiger partial charge in [0.25, 0.3) is 0 Å². The van der Waals surface area contributed by atoms with E-state index < -0.39 is 11.9 Å². The average molecular weight is 423 g/mol. The van der Waals surface area contributed by atoms with Crippen LogP contribution in [0.2, 0.25) is 0 Å². The molecule has 160 valence electrons. The van der Waals surface area contributed by atoms with Crippen LogP contribution in [-0.2, 0) is 20.9 Å². The van der Waals surface area contributed by atoms with Gasteiger partial charge in [0.1, 0.15) is 13.2 Å². The fraction of sp³-hybridized carbons (Fsp3) is 0.273. The Morgan fingerprint density at radius 3 is 2.48 bits per heavy atom. The molecule has 0 amide bonds. The summed E-state index contributed by atoms with van der Waals surface area (Å²) in [5, 5.41) is 4.47. The molecule has 0 atom stereocenters. The van der Waals surface area contributed by atoms with Crippen molar-refractivity contribution >= 4 is 28.7 Å². The molecule has 1 aliphatic heterocycles. The van der Waals surface area contributed by atoms with Gasteiger partial charge in [0.05, 0.1) is 26.4 Å². The summed E-state index contributed by atoms with van der Waals surface area (Å²) in [6, 6.07) is 5.59. The Balaban J connectivity index is 1.80. The van der Waals surface area contributed by atoms with Crippen molar-refractivity contribution in [2.45, 2.75) is 13.5 Å². The molecular weight excluding hydrogens is 402 g/mol. The maximum Gasteiger partial charge on any atom is 0.339 e. The molecule has 1 aliphatic rings. The third kappa shape index (κ3) is 3.81. The van der Waals surface area contributed by atoms with Crippen LogP contribution in [0.4, 0.5) is 5.95 Å². The van der Waals surface area contributed by atoms with Crippen molar-refractivity contribution in [2.75, 3.05) is 32.7 Å². The summed E-state index contributed by atoms with van der Waals surface area (Å²) in [7, 11) is 3.12. The largest absolute Gasteiger partial charge is 0.493 e. The van der Waals surface area contributed by atoms with E-state index in [2.05, 4.69) is 15.3 Å². The van der Waals surface area contributed by atoms with Crippen molar-refractivity contribution in [2.24, 2.45) is 0 Å². The van der Waals surface area contributed by atoms with E-state index >= 15 is 0 Å². The number of esters is 2. The third-order valence-electron chi connectivity index (χ3n) is 4.93. The highest BCUT2D eigenvalue weighted by Gasteiger charge is 2.28. The number of carbonyl (C=O) groups excluding carboxylic acids is 2. The van der Waals surface area contributed by atoms with Gasteiger partial charge in [0, 0.05) is 29.1 Å². The Morgan fingerprint density at radius 2 is 1.81 bits per heavy atom. The van der Waals surface area contributed by atoms with Crippen molar-refractivity contribution in [3.05, 3.63) is 41.7 Å². The van der Waals surface area contributed by atoms with E-state index in [9.17, 15) is 9.59 Å². The Morgan fingerprint density at radius 1 is 1.10 bits per heavy atom. The van der Waals surface area contributed by atoms with Crippen LogP contribution in [0.25, 0.3) is 21.9 Å². The first-order valence-corrected chi connectivity index (χ1v) is 9.66. The van der Waals surface area contributed by atoms with Gasteiger partial charge >= 0.3 is 11.9 Å². The summed E-state index contributed by atoms with van der Waals surface area (Å²) < 4.78 is 21.0. The van der Waals surface area contributed by atoms with E-state index in [-0.39, 0.29) is 19.1 Å². The Kier molecular flexibility index (Phi) is 5.57. The number of anilines is 1. The van der Waals surface area contributed by atoms with Crippen molar-refractivity contribution in [1.82, 2.24) is 9.97 Å². The molecule has 0 fully saturated rings. The van der Waals surface area contributed by atoms with Gasteiger partial charge in [-0.2, -0.15) is 0 Å². The fourth-order valence-electron chi connectivity index (χ4n) is 3.56. The first-order chi connectivity index (χ1) is 15.0. The highest BCUT2D eigenvalue weighted by atomic mass is 16.5. The van der Waals surface area contributed by atoms with Crippen LogP contribution in [0.15, 0.2) is 30.6 Å². The number of aromatic nitrogens is 2. The molecule has 9 heteroatoms. The zero-order valence-electron chi connectivity index (χ0n) is 17.4. The zero-order valence-corrected chi connectivity index (χ0v) is 17.4. The lowest BCUT2D eigenvalue weighted by atomic mass is 9.91. The summed E-state index contributed by atoms with van der Waals surface area (Å²) in [5.41, 5.74) is 2.56. The maximum absolute atomic E-state index is 12.5. The monoisotopic (exact) mass is 423 g/mol. The number of nitrogens with zero attached hydrogens (tertiary/aromatic N) is 2. The zero-order chi connectivity index (χ0) is 22.0. The minimum Gasteiger partial charge on any atom is -0.493 e. The van der Waals surface area contributed by atoms with E-state index in [4.69, 9.17) is 18.9 Å². The Hall–Kier alpha value is -3.88. The summed E-state index contributed by atoms with van der Waals surface area (Å²) in [5.74, 6) is 0.602. The Bertz CT molecular complexity index is 1160. The van der Waals surface area contributed by atoms with Crippen molar-refractivity contribution in [3.63, 3.8) is 0 Å². The topological polar surface area (TPSA) is 109 Å². The van der Waals surface area contributed by atoms with Crippen LogP contribution in [0.5, 0.6) is 11.5 Å². The molecule has 0 saturated heterocycles. The Labute approximate surface area is 178 Å². The molecule has 2 aromatic carbocycles. The van der Waals surface area contributed by atoms with E-state index in [1.165, 1.54) is 0 Å². The predicted molar refractivity (Wildman–Crippen MR) is 112 cm³/mol. The van der Waals surface area contributed by atoms with Gasteiger partial charge in [-0.05, 0) is 35.9 Å². The molecule has 4 rings (SSSR count). The van der Waals surface area contributed by atoms with E-state index in [0.717, 1.165) is 16.3 Å². The molecule has 3 aromatic rings. The van der Waals surface area contributed by atoms with E-state index in [0.29, 0.717) is 34.8 Å². The van der Waals surface area contributed by atoms with Crippen LogP contribution in [-0.4, -0.2) is 49.3 Å². The second-order valence-corrected chi connectivity index (χ2v) is 6.74. The normalized spacial score (nSPS) is 12.3. The first kappa shape index (κ1) is 20.4. The smallest absolute Gasteiger partial charge is 0.339 e. The SMILES string of the molecule is CCOC(=O)CNc1ncc(-c2c3c(cc4cc(OC)c(OC)cc24)COC3=O)cn1. The molecule has 0 spiro atoms. The second kappa shape index (κ2) is 8.47. The van der Waals surface area contributed by atoms with Crippen molar-refractivity contribution in [1.29, 1.82) is 0 Å². The van der Waals surface area contributed by atoms with Gasteiger partial charge in [0.15, 0.2) is 11.5 Å². The molecular formula is C22H21N3O6. The molecule has 9 nitrogen and oxygen atoms in total. The van der Waals surface area contributed by atoms with Gasteiger partial charge < -0.3 is 24.3 Å². The van der Waals surface area contributed by atoms with Crippen LogP contribution >= 0.6 is 0 Å². The lowest BCUT2D eigenvalue weighted by molar-refractivity contribution is -0.140. The second-order valence-electron chi connectivity index (χ2n) is 6.74. The molecule has 31 heavy (non-hydrogen) atoms. The number of hydrogen-bond donors (Lipinski definition) is 1. The highest BCUT2D eigenvalue weighted by molar-refractivity contribution is 6.11. The summed E-state index contributed by atoms with van der Waals surface area (Å²) in [6.07, 6.45) is 3.19. The van der Waals surface area contributed by atoms with Gasteiger partial charge in [-0.25, -0.2) is 14.8 Å². The van der Waals surface area contributed by atoms with Crippen molar-refractivity contribution in [3.8, 4) is 22.6 Å². The molecule has 0 radical (unpaired) electrons. The number of hydrogen-bond acceptors (Lipinski definition) is 9. The van der Waals surface area contributed by atoms with Gasteiger partial charge in [-0.1, -0.05) is 0 Å². The van der Waals surface area contributed by atoms with Crippen LogP contribution < -0.4 is 14.8 Å². The van der Waals surface area contributed by atoms with Gasteiger partial charge in [-0.15, -0.1) is 0 Å². The average Bonchev–Trinajstić information content (AvgIpc) is 3.16. The van der Waals surface area contributed by atoms with Gasteiger partial charge in [0.2, 0.25) is 5.95 Å². The standard InChI is InChI=1S/C22H21N3O6/c1-4-30-18(26)10-25-22-23-8-14(9-24-22)19-15-7-17(29-3)16(28-2)6-12(15)5-13-11-31-21(27)20(13)19/h5-9H,4,10-11H2,1-3H3,(H,23,24,25). The predicted octanol–water partition coefficient (Wildman–Crippen LogP) is 2.96. The van der Waals surface area contributed by atoms with Gasteiger partial charge in [-0.3, -0.25) is 4.79 Å². The molecule has 2 heterocycles. The number of fused-ring (bicyclic) bond motifs is 2. The lowest BCUT2D eigenvalue weighted by Gasteiger charge is -2.14. The number of benzene rings is 2. The molecule has 0 saturated carbocycles. The number of cyclic esters (lactones) is 1. The lowest BCUT2D eigenvalue weighted by Crippen LogP contribution is -2.17. The summed E-state index contributed by atoms with van der Waals surface area (Å²) in [6.45, 7) is 2.20. The molecule has 0 bridgehead atoms. The van der Waals surface area contributed by atoms with E-state index in [1.54, 1.807) is 33.5 Å². The summed E-state index contributed by atoms with van der Waals surface area (Å²) in [4.78, 5) is 32.6. The number of carbonyl (C=O) groups is 2. The van der Waals surface area contributed by atoms with Crippen LogP contribution in [0, 0.1) is 0 Å². The third-order valence-corrected chi connectivity index (χ3v) is 4.93. The quantitative estimate of drug-likeness (QED) is 0.574. The molecule has 0 aliphatic carbocycles.